The van der Waals surface area contributed by atoms with Crippen LogP contribution >= 0.6 is 0 Å². The average Bonchev–Trinajstić information content (AvgIpc) is 2.83. The highest BCUT2D eigenvalue weighted by Gasteiger charge is 2.26. The van der Waals surface area contributed by atoms with Gasteiger partial charge in [0, 0.05) is 24.4 Å². The Morgan fingerprint density at radius 3 is 2.38 bits per heavy atom. The Balaban J connectivity index is 1.57. The lowest BCUT2D eigenvalue weighted by Crippen LogP contribution is -2.50. The number of carbonyl (C=O) groups excluding carboxylic acids is 2. The number of aromatic nitrogens is 1. The first kappa shape index (κ1) is 22.9. The van der Waals surface area contributed by atoms with E-state index in [-0.39, 0.29) is 30.1 Å². The van der Waals surface area contributed by atoms with Gasteiger partial charge in [-0.3, -0.25) is 9.59 Å². The minimum absolute atomic E-state index is 0.0349. The van der Waals surface area contributed by atoms with E-state index in [1.807, 2.05) is 19.9 Å². The average molecular weight is 435 g/mol. The van der Waals surface area contributed by atoms with Gasteiger partial charge in [0.1, 0.15) is 17.6 Å². The topological polar surface area (TPSA) is 80.3 Å². The van der Waals surface area contributed by atoms with Crippen molar-refractivity contribution in [1.29, 1.82) is 0 Å². The van der Waals surface area contributed by atoms with Crippen LogP contribution in [0.25, 0.3) is 0 Å². The van der Waals surface area contributed by atoms with Gasteiger partial charge in [0.15, 0.2) is 0 Å². The third-order valence-electron chi connectivity index (χ3n) is 5.12. The first-order valence-electron chi connectivity index (χ1n) is 10.5. The first-order chi connectivity index (χ1) is 15.5. The lowest BCUT2D eigenvalue weighted by Gasteiger charge is -2.23. The molecule has 0 aliphatic carbocycles. The van der Waals surface area contributed by atoms with Crippen molar-refractivity contribution in [3.63, 3.8) is 0 Å². The Labute approximate surface area is 186 Å². The van der Waals surface area contributed by atoms with E-state index in [1.54, 1.807) is 42.6 Å². The number of pyridine rings is 1. The van der Waals surface area contributed by atoms with Crippen LogP contribution in [-0.2, 0) is 11.3 Å². The molecule has 32 heavy (non-hydrogen) atoms. The van der Waals surface area contributed by atoms with Gasteiger partial charge in [0.05, 0.1) is 0 Å². The van der Waals surface area contributed by atoms with E-state index in [9.17, 15) is 14.0 Å². The molecule has 3 rings (SSSR count). The number of benzene rings is 2. The van der Waals surface area contributed by atoms with Crippen LogP contribution in [0.15, 0.2) is 72.9 Å². The fraction of sp³-hybridized carbons (Fsp3) is 0.240. The molecule has 6 nitrogen and oxygen atoms in total. The Bertz CT molecular complexity index is 1020. The summed E-state index contributed by atoms with van der Waals surface area (Å²) in [5.41, 5.74) is 1.29. The predicted molar refractivity (Wildman–Crippen MR) is 120 cm³/mol. The number of rotatable bonds is 9. The summed E-state index contributed by atoms with van der Waals surface area (Å²) in [7, 11) is 0. The first-order valence-corrected chi connectivity index (χ1v) is 10.5. The second-order valence-corrected chi connectivity index (χ2v) is 7.48. The Morgan fingerprint density at radius 2 is 1.75 bits per heavy atom. The molecule has 1 aromatic heterocycles. The third-order valence-corrected chi connectivity index (χ3v) is 5.12. The Kier molecular flexibility index (Phi) is 7.91. The van der Waals surface area contributed by atoms with Gasteiger partial charge in [-0.15, -0.1) is 0 Å². The number of amides is 2. The fourth-order valence-electron chi connectivity index (χ4n) is 3.01. The zero-order valence-electron chi connectivity index (χ0n) is 18.0. The van der Waals surface area contributed by atoms with Crippen LogP contribution in [0.3, 0.4) is 0 Å². The molecule has 2 N–H and O–H groups in total. The summed E-state index contributed by atoms with van der Waals surface area (Å²) in [6.07, 6.45) is 2.34. The summed E-state index contributed by atoms with van der Waals surface area (Å²) >= 11 is 0. The molecule has 0 radical (unpaired) electrons. The number of halogens is 1. The molecule has 0 bridgehead atoms. The highest BCUT2D eigenvalue weighted by atomic mass is 19.1. The molecule has 0 aliphatic rings. The van der Waals surface area contributed by atoms with Crippen molar-refractivity contribution < 1.29 is 18.7 Å². The van der Waals surface area contributed by atoms with E-state index in [0.717, 1.165) is 12.0 Å². The number of nitrogens with one attached hydrogen (secondary N) is 2. The van der Waals surface area contributed by atoms with Crippen molar-refractivity contribution >= 4 is 11.8 Å². The molecule has 1 heterocycles. The molecule has 3 aromatic rings. The number of ether oxygens (including phenoxy) is 1. The van der Waals surface area contributed by atoms with Gasteiger partial charge in [-0.25, -0.2) is 9.37 Å². The highest BCUT2D eigenvalue weighted by Crippen LogP contribution is 2.19. The summed E-state index contributed by atoms with van der Waals surface area (Å²) in [6, 6.07) is 17.3. The minimum Gasteiger partial charge on any atom is -0.439 e. The Hall–Kier alpha value is -3.74. The summed E-state index contributed by atoms with van der Waals surface area (Å²) in [5.74, 6) is -0.0746. The van der Waals surface area contributed by atoms with Crippen molar-refractivity contribution in [2.24, 2.45) is 5.92 Å². The second-order valence-electron chi connectivity index (χ2n) is 7.48. The molecule has 7 heteroatoms. The second kappa shape index (κ2) is 11.0. The molecule has 0 aliphatic heterocycles. The van der Waals surface area contributed by atoms with E-state index in [1.165, 1.54) is 24.3 Å². The zero-order chi connectivity index (χ0) is 22.9. The molecule has 0 saturated heterocycles. The molecule has 2 amide bonds. The van der Waals surface area contributed by atoms with Crippen molar-refractivity contribution in [2.45, 2.75) is 32.9 Å². The smallest absolute Gasteiger partial charge is 0.251 e. The predicted octanol–water partition coefficient (Wildman–Crippen LogP) is 4.47. The van der Waals surface area contributed by atoms with Gasteiger partial charge in [-0.1, -0.05) is 44.5 Å². The van der Waals surface area contributed by atoms with E-state index in [2.05, 4.69) is 15.6 Å². The molecule has 2 aromatic carbocycles. The van der Waals surface area contributed by atoms with Gasteiger partial charge in [-0.2, -0.15) is 0 Å². The summed E-state index contributed by atoms with van der Waals surface area (Å²) in [5, 5.41) is 5.72. The van der Waals surface area contributed by atoms with Crippen LogP contribution in [0.5, 0.6) is 11.6 Å². The Morgan fingerprint density at radius 1 is 1.03 bits per heavy atom. The van der Waals surface area contributed by atoms with Crippen molar-refractivity contribution in [1.82, 2.24) is 15.6 Å². The molecule has 2 unspecified atom stereocenters. The molecule has 0 spiro atoms. The third kappa shape index (κ3) is 6.38. The standard InChI is InChI=1S/C25H26FN3O3/c1-3-17(2)23(29-24(30)19-7-5-4-6-8-19)25(31)28-16-18-9-14-22(27-15-18)32-21-12-10-20(26)11-13-21/h4-15,17,23H,3,16H2,1-2H3,(H,28,31)(H,29,30). The van der Waals surface area contributed by atoms with Crippen molar-refractivity contribution in [3.8, 4) is 11.6 Å². The van der Waals surface area contributed by atoms with Crippen LogP contribution in [0.1, 0.15) is 36.2 Å². The van der Waals surface area contributed by atoms with Gasteiger partial charge in [0.25, 0.3) is 5.91 Å². The number of hydrogen-bond donors (Lipinski definition) is 2. The molecule has 2 atom stereocenters. The molecule has 0 saturated carbocycles. The highest BCUT2D eigenvalue weighted by molar-refractivity contribution is 5.97. The van der Waals surface area contributed by atoms with Crippen LogP contribution in [0.4, 0.5) is 4.39 Å². The van der Waals surface area contributed by atoms with Gasteiger partial charge < -0.3 is 15.4 Å². The van der Waals surface area contributed by atoms with Gasteiger partial charge in [0.2, 0.25) is 11.8 Å². The van der Waals surface area contributed by atoms with Gasteiger partial charge in [-0.05, 0) is 47.9 Å². The minimum atomic E-state index is -0.651. The molecule has 0 fully saturated rings. The maximum atomic E-state index is 13.0. The van der Waals surface area contributed by atoms with E-state index in [4.69, 9.17) is 4.74 Å². The number of hydrogen-bond acceptors (Lipinski definition) is 4. The van der Waals surface area contributed by atoms with Crippen LogP contribution < -0.4 is 15.4 Å². The molecular weight excluding hydrogens is 409 g/mol. The van der Waals surface area contributed by atoms with Crippen molar-refractivity contribution in [3.05, 3.63) is 89.9 Å². The molecular formula is C25H26FN3O3. The van der Waals surface area contributed by atoms with E-state index in [0.29, 0.717) is 17.2 Å². The summed E-state index contributed by atoms with van der Waals surface area (Å²) < 4.78 is 18.6. The quantitative estimate of drug-likeness (QED) is 0.520. The van der Waals surface area contributed by atoms with Crippen LogP contribution in [-0.4, -0.2) is 22.8 Å². The lowest BCUT2D eigenvalue weighted by atomic mass is 9.97. The zero-order valence-corrected chi connectivity index (χ0v) is 18.0. The number of carbonyl (C=O) groups is 2. The maximum Gasteiger partial charge on any atom is 0.251 e. The largest absolute Gasteiger partial charge is 0.439 e. The van der Waals surface area contributed by atoms with E-state index >= 15 is 0 Å². The summed E-state index contributed by atoms with van der Waals surface area (Å²) in [6.45, 7) is 4.17. The fourth-order valence-corrected chi connectivity index (χ4v) is 3.01. The molecule has 166 valence electrons. The van der Waals surface area contributed by atoms with Gasteiger partial charge >= 0.3 is 0 Å². The SMILES string of the molecule is CCC(C)C(NC(=O)c1ccccc1)C(=O)NCc1ccc(Oc2ccc(F)cc2)nc1. The van der Waals surface area contributed by atoms with E-state index < -0.39 is 6.04 Å². The van der Waals surface area contributed by atoms with Crippen LogP contribution in [0.2, 0.25) is 0 Å². The maximum absolute atomic E-state index is 13.0. The monoisotopic (exact) mass is 435 g/mol. The number of nitrogens with zero attached hydrogens (tertiary/aromatic N) is 1. The lowest BCUT2D eigenvalue weighted by molar-refractivity contribution is -0.124. The normalized spacial score (nSPS) is 12.5. The van der Waals surface area contributed by atoms with Crippen molar-refractivity contribution in [2.75, 3.05) is 0 Å². The summed E-state index contributed by atoms with van der Waals surface area (Å²) in [4.78, 5) is 29.6. The van der Waals surface area contributed by atoms with Crippen LogP contribution in [0, 0.1) is 11.7 Å².